The Morgan fingerprint density at radius 2 is 1.57 bits per heavy atom. The number of carbonyl (C=O) groups excluding carboxylic acids is 1. The lowest BCUT2D eigenvalue weighted by Gasteiger charge is -2.42. The molecule has 120 valence electrons. The van der Waals surface area contributed by atoms with Gasteiger partial charge in [-0.25, -0.2) is 0 Å². The molecule has 4 heteroatoms. The molecule has 21 heavy (non-hydrogen) atoms. The van der Waals surface area contributed by atoms with Crippen molar-refractivity contribution in [2.45, 2.75) is 71.6 Å². The largest absolute Gasteiger partial charge is 0.481 e. The smallest absolute Gasteiger partial charge is 0.309 e. The number of nitrogens with zero attached hydrogens (tertiary/aromatic N) is 1. The van der Waals surface area contributed by atoms with Crippen molar-refractivity contribution in [1.82, 2.24) is 4.90 Å². The van der Waals surface area contributed by atoms with Gasteiger partial charge in [-0.3, -0.25) is 9.59 Å². The third kappa shape index (κ3) is 2.95. The van der Waals surface area contributed by atoms with Gasteiger partial charge in [0, 0.05) is 18.5 Å². The average molecular weight is 295 g/mol. The lowest BCUT2D eigenvalue weighted by Crippen LogP contribution is -2.50. The fourth-order valence-electron chi connectivity index (χ4n) is 4.29. The Balaban J connectivity index is 2.03. The van der Waals surface area contributed by atoms with Gasteiger partial charge in [0.1, 0.15) is 0 Å². The van der Waals surface area contributed by atoms with Crippen molar-refractivity contribution in [3.05, 3.63) is 0 Å². The second kappa shape index (κ2) is 6.37. The van der Waals surface area contributed by atoms with E-state index in [1.54, 1.807) is 0 Å². The zero-order chi connectivity index (χ0) is 15.5. The summed E-state index contributed by atoms with van der Waals surface area (Å²) in [5.41, 5.74) is -0.742. The average Bonchev–Trinajstić information content (AvgIpc) is 2.97. The first-order chi connectivity index (χ1) is 9.99. The first-order valence-corrected chi connectivity index (χ1v) is 8.52. The molecule has 0 aromatic heterocycles. The van der Waals surface area contributed by atoms with Crippen LogP contribution in [0.25, 0.3) is 0 Å². The van der Waals surface area contributed by atoms with Crippen molar-refractivity contribution in [3.8, 4) is 0 Å². The molecule has 1 saturated heterocycles. The van der Waals surface area contributed by atoms with Gasteiger partial charge >= 0.3 is 5.97 Å². The molecular weight excluding hydrogens is 266 g/mol. The van der Waals surface area contributed by atoms with Gasteiger partial charge in [-0.1, -0.05) is 33.1 Å². The van der Waals surface area contributed by atoms with E-state index in [0.717, 1.165) is 44.9 Å². The van der Waals surface area contributed by atoms with Crippen LogP contribution in [0, 0.1) is 10.8 Å². The number of amides is 1. The molecule has 0 radical (unpaired) electrons. The summed E-state index contributed by atoms with van der Waals surface area (Å²) in [5, 5.41) is 9.55. The highest BCUT2D eigenvalue weighted by Crippen LogP contribution is 2.44. The minimum Gasteiger partial charge on any atom is -0.481 e. The van der Waals surface area contributed by atoms with E-state index in [2.05, 4.69) is 6.92 Å². The van der Waals surface area contributed by atoms with Crippen LogP contribution >= 0.6 is 0 Å². The van der Waals surface area contributed by atoms with Crippen molar-refractivity contribution < 1.29 is 14.7 Å². The zero-order valence-electron chi connectivity index (χ0n) is 13.5. The molecule has 1 heterocycles. The first-order valence-electron chi connectivity index (χ1n) is 8.52. The number of likely N-dealkylation sites (tertiary alicyclic amines) is 1. The summed E-state index contributed by atoms with van der Waals surface area (Å²) in [6.45, 7) is 5.39. The van der Waals surface area contributed by atoms with Gasteiger partial charge in [0.25, 0.3) is 0 Å². The van der Waals surface area contributed by atoms with Gasteiger partial charge in [-0.15, -0.1) is 0 Å². The van der Waals surface area contributed by atoms with Crippen LogP contribution in [0.2, 0.25) is 0 Å². The number of hydrogen-bond donors (Lipinski definition) is 1. The lowest BCUT2D eigenvalue weighted by atomic mass is 9.74. The van der Waals surface area contributed by atoms with Crippen LogP contribution in [-0.4, -0.2) is 35.0 Å². The third-order valence-electron chi connectivity index (χ3n) is 5.88. The van der Waals surface area contributed by atoms with Crippen LogP contribution in [0.5, 0.6) is 0 Å². The van der Waals surface area contributed by atoms with Gasteiger partial charge in [-0.2, -0.15) is 0 Å². The molecule has 1 saturated carbocycles. The maximum atomic E-state index is 12.9. The second-order valence-electron chi connectivity index (χ2n) is 6.97. The highest BCUT2D eigenvalue weighted by molar-refractivity contribution is 5.83. The summed E-state index contributed by atoms with van der Waals surface area (Å²) in [6.07, 6.45) is 8.09. The minimum absolute atomic E-state index is 0.145. The van der Waals surface area contributed by atoms with E-state index in [4.69, 9.17) is 0 Å². The van der Waals surface area contributed by atoms with Gasteiger partial charge in [0.05, 0.1) is 5.41 Å². The fraction of sp³-hybridized carbons (Fsp3) is 0.882. The molecule has 0 atom stereocenters. The van der Waals surface area contributed by atoms with Crippen molar-refractivity contribution >= 4 is 11.9 Å². The summed E-state index contributed by atoms with van der Waals surface area (Å²) in [5.74, 6) is -0.388. The molecule has 0 bridgehead atoms. The molecular formula is C17H29NO3. The van der Waals surface area contributed by atoms with Crippen LogP contribution in [0.1, 0.15) is 71.6 Å². The summed E-state index contributed by atoms with van der Waals surface area (Å²) in [7, 11) is 0. The van der Waals surface area contributed by atoms with Crippen molar-refractivity contribution in [2.75, 3.05) is 13.1 Å². The molecule has 1 aliphatic heterocycles. The monoisotopic (exact) mass is 295 g/mol. The van der Waals surface area contributed by atoms with Crippen molar-refractivity contribution in [2.24, 2.45) is 10.8 Å². The maximum Gasteiger partial charge on any atom is 0.309 e. The first kappa shape index (κ1) is 16.3. The predicted molar refractivity (Wildman–Crippen MR) is 82.0 cm³/mol. The molecule has 0 unspecified atom stereocenters. The fourth-order valence-corrected chi connectivity index (χ4v) is 4.29. The molecule has 2 fully saturated rings. The standard InChI is InChI=1S/C17H29NO3/c1-3-7-17(15(20)21)10-12-18(13-11-17)14(19)16(4-2)8-5-6-9-16/h3-13H2,1-2H3,(H,20,21). The van der Waals surface area contributed by atoms with E-state index in [1.807, 2.05) is 11.8 Å². The normalized spacial score (nSPS) is 24.0. The van der Waals surface area contributed by atoms with Gasteiger partial charge in [0.15, 0.2) is 0 Å². The van der Waals surface area contributed by atoms with Crippen LogP contribution in [-0.2, 0) is 9.59 Å². The number of aliphatic carboxylic acids is 1. The Hall–Kier alpha value is -1.06. The Bertz CT molecular complexity index is 391. The number of piperidine rings is 1. The number of carbonyl (C=O) groups is 2. The van der Waals surface area contributed by atoms with E-state index in [9.17, 15) is 14.7 Å². The van der Waals surface area contributed by atoms with E-state index in [-0.39, 0.29) is 11.3 Å². The van der Waals surface area contributed by atoms with Crippen molar-refractivity contribution in [3.63, 3.8) is 0 Å². The van der Waals surface area contributed by atoms with E-state index in [1.165, 1.54) is 0 Å². The highest BCUT2D eigenvalue weighted by atomic mass is 16.4. The Labute approximate surface area is 127 Å². The number of carboxylic acid groups (broad SMARTS) is 1. The van der Waals surface area contributed by atoms with Crippen LogP contribution in [0.15, 0.2) is 0 Å². The maximum absolute atomic E-state index is 12.9. The number of carboxylic acids is 1. The molecule has 1 amide bonds. The Morgan fingerprint density at radius 3 is 2.00 bits per heavy atom. The van der Waals surface area contributed by atoms with Crippen molar-refractivity contribution in [1.29, 1.82) is 0 Å². The summed E-state index contributed by atoms with van der Waals surface area (Å²) in [6, 6.07) is 0. The summed E-state index contributed by atoms with van der Waals surface area (Å²) < 4.78 is 0. The molecule has 2 rings (SSSR count). The molecule has 1 aliphatic carbocycles. The minimum atomic E-state index is -0.678. The zero-order valence-corrected chi connectivity index (χ0v) is 13.5. The number of rotatable bonds is 5. The summed E-state index contributed by atoms with van der Waals surface area (Å²) >= 11 is 0. The lowest BCUT2D eigenvalue weighted by molar-refractivity contribution is -0.157. The van der Waals surface area contributed by atoms with Gasteiger partial charge in [-0.05, 0) is 38.5 Å². The van der Waals surface area contributed by atoms with E-state index in [0.29, 0.717) is 25.9 Å². The molecule has 0 aromatic rings. The van der Waals surface area contributed by atoms with Gasteiger partial charge in [0.2, 0.25) is 5.91 Å². The Kier molecular flexibility index (Phi) is 4.95. The molecule has 2 aliphatic rings. The van der Waals surface area contributed by atoms with Crippen LogP contribution < -0.4 is 0 Å². The summed E-state index contributed by atoms with van der Waals surface area (Å²) in [4.78, 5) is 26.4. The van der Waals surface area contributed by atoms with Crippen LogP contribution in [0.4, 0.5) is 0 Å². The number of hydrogen-bond acceptors (Lipinski definition) is 2. The quantitative estimate of drug-likeness (QED) is 0.845. The highest BCUT2D eigenvalue weighted by Gasteiger charge is 2.46. The van der Waals surface area contributed by atoms with Crippen LogP contribution in [0.3, 0.4) is 0 Å². The van der Waals surface area contributed by atoms with E-state index >= 15 is 0 Å². The Morgan fingerprint density at radius 1 is 1.00 bits per heavy atom. The molecule has 4 nitrogen and oxygen atoms in total. The van der Waals surface area contributed by atoms with E-state index < -0.39 is 11.4 Å². The molecule has 0 spiro atoms. The van der Waals surface area contributed by atoms with Gasteiger partial charge < -0.3 is 10.0 Å². The molecule has 0 aromatic carbocycles. The topological polar surface area (TPSA) is 57.6 Å². The molecule has 1 N–H and O–H groups in total. The SMILES string of the molecule is CCCC1(C(=O)O)CCN(C(=O)C2(CC)CCCC2)CC1. The third-order valence-corrected chi connectivity index (χ3v) is 5.88. The predicted octanol–water partition coefficient (Wildman–Crippen LogP) is 3.45. The second-order valence-corrected chi connectivity index (χ2v) is 6.97.